The Morgan fingerprint density at radius 2 is 1.05 bits per heavy atom. The molecule has 0 aliphatic carbocycles. The smallest absolute Gasteiger partial charge is 0.143 e. The number of nitrogen functional groups attached to an aromatic ring is 1. The van der Waals surface area contributed by atoms with Gasteiger partial charge in [-0.1, -0.05) is 35.8 Å². The second-order valence-electron chi connectivity index (χ2n) is 16.7. The van der Waals surface area contributed by atoms with E-state index in [1.54, 1.807) is 98.8 Å². The second-order valence-corrected chi connectivity index (χ2v) is 36.5. The highest BCUT2D eigenvalue weighted by Gasteiger charge is 2.23. The number of aromatic nitrogens is 12. The number of aryl methyl sites for hydroxylation is 10. The van der Waals surface area contributed by atoms with Gasteiger partial charge in [-0.2, -0.15) is 10.2 Å². The Morgan fingerprint density at radius 3 is 1.47 bits per heavy atom. The molecule has 0 unspecified atom stereocenters. The molecule has 0 saturated carbocycles. The van der Waals surface area contributed by atoms with Gasteiger partial charge in [-0.3, -0.25) is 9.36 Å². The first-order chi connectivity index (χ1) is 37.5. The number of halogens is 1. The SMILES string of the molecule is CCc1nn(C)cc1Cc1nc(C)nc2[nH]c3cc(-c4c(C)noc4C)c(OC)cc3c12.CCc1nn(C)cc1N.COc1cc2c(cc1-c1c(C)noc1C)[nH]c1nc(C)nc(Cl)c12.S=S=S=S=S=S=S=S=S=S=S=S=S. The molecule has 0 spiro atoms. The van der Waals surface area contributed by atoms with Crippen molar-refractivity contribution in [2.45, 2.75) is 74.7 Å². The summed E-state index contributed by atoms with van der Waals surface area (Å²) in [4.78, 5) is 25.0. The van der Waals surface area contributed by atoms with Crippen molar-refractivity contribution in [3.05, 3.63) is 99.0 Å². The molecule has 8 aromatic heterocycles. The summed E-state index contributed by atoms with van der Waals surface area (Å²) in [5.41, 5.74) is 19.4. The Labute approximate surface area is 495 Å². The van der Waals surface area contributed by atoms with Gasteiger partial charge in [-0.25, -0.2) is 19.9 Å². The van der Waals surface area contributed by atoms with E-state index in [2.05, 4.69) is 70.7 Å². The molecule has 0 saturated heterocycles. The monoisotopic (exact) mass is 1310 g/mol. The van der Waals surface area contributed by atoms with E-state index in [1.165, 1.54) is 23.3 Å². The molecule has 2 aromatic carbocycles. The number of rotatable bonds is 8. The molecule has 0 amide bonds. The van der Waals surface area contributed by atoms with Crippen LogP contribution in [0.25, 0.3) is 66.1 Å². The van der Waals surface area contributed by atoms with Crippen LogP contribution >= 0.6 is 11.6 Å². The second kappa shape index (κ2) is 28.8. The molecule has 10 aromatic rings. The number of ether oxygens (including phenoxy) is 2. The highest BCUT2D eigenvalue weighted by atomic mass is 35.5. The van der Waals surface area contributed by atoms with Crippen molar-refractivity contribution in [3.8, 4) is 33.8 Å². The Kier molecular flexibility index (Phi) is 22.6. The molecule has 31 heteroatoms. The minimum Gasteiger partial charge on any atom is -0.496 e. The zero-order chi connectivity index (χ0) is 56.2. The van der Waals surface area contributed by atoms with E-state index in [1.807, 2.05) is 85.6 Å². The number of nitrogens with two attached hydrogens (primary N) is 1. The summed E-state index contributed by atoms with van der Waals surface area (Å²) >= 11 is 15.7. The van der Waals surface area contributed by atoms with E-state index in [9.17, 15) is 0 Å². The molecular formula is C47H52ClN13O4S13. The van der Waals surface area contributed by atoms with Crippen molar-refractivity contribution in [2.75, 3.05) is 20.0 Å². The zero-order valence-electron chi connectivity index (χ0n) is 44.0. The first-order valence-corrected chi connectivity index (χ1v) is 39.6. The van der Waals surface area contributed by atoms with Gasteiger partial charge in [0.15, 0.2) is 0 Å². The number of hydrogen-bond donors (Lipinski definition) is 3. The molecule has 0 aliphatic heterocycles. The van der Waals surface area contributed by atoms with Crippen molar-refractivity contribution in [1.29, 1.82) is 0 Å². The molecule has 4 N–H and O–H groups in total. The summed E-state index contributed by atoms with van der Waals surface area (Å²) < 4.78 is 25.7. The lowest BCUT2D eigenvalue weighted by Gasteiger charge is -2.09. The number of H-pyrrole nitrogens is 2. The number of anilines is 1. The summed E-state index contributed by atoms with van der Waals surface area (Å²) in [5, 5.41) is 21.0. The minimum atomic E-state index is 0.427. The van der Waals surface area contributed by atoms with E-state index in [0.717, 1.165) is 136 Å². The summed E-state index contributed by atoms with van der Waals surface area (Å²) in [5.74, 6) is 4.34. The molecule has 78 heavy (non-hydrogen) atoms. The van der Waals surface area contributed by atoms with Crippen LogP contribution in [0.2, 0.25) is 5.15 Å². The third-order valence-corrected chi connectivity index (χ3v) is 34.1. The van der Waals surface area contributed by atoms with E-state index < -0.39 is 0 Å². The quantitative estimate of drug-likeness (QED) is 0.121. The van der Waals surface area contributed by atoms with E-state index in [4.69, 9.17) is 63.2 Å². The van der Waals surface area contributed by atoms with Gasteiger partial charge in [-0.05, 0) is 84.2 Å². The van der Waals surface area contributed by atoms with Crippen LogP contribution in [0.15, 0.2) is 45.7 Å². The molecule has 0 atom stereocenters. The van der Waals surface area contributed by atoms with Gasteiger partial charge in [0.2, 0.25) is 0 Å². The largest absolute Gasteiger partial charge is 0.496 e. The van der Waals surface area contributed by atoms with Crippen molar-refractivity contribution in [2.24, 2.45) is 14.1 Å². The van der Waals surface area contributed by atoms with Crippen LogP contribution < -0.4 is 15.2 Å². The predicted octanol–water partition coefficient (Wildman–Crippen LogP) is 9.47. The average molecular weight is 1320 g/mol. The fourth-order valence-electron chi connectivity index (χ4n) is 8.64. The Balaban J connectivity index is 0.000000168. The van der Waals surface area contributed by atoms with Gasteiger partial charge in [0.05, 0.1) is 64.9 Å². The van der Waals surface area contributed by atoms with Crippen LogP contribution in [0.5, 0.6) is 11.5 Å². The maximum atomic E-state index is 6.33. The van der Waals surface area contributed by atoms with Crippen LogP contribution in [0, 0.1) is 41.5 Å². The maximum Gasteiger partial charge on any atom is 0.143 e. The number of aromatic amines is 2. The van der Waals surface area contributed by atoms with E-state index in [0.29, 0.717) is 23.0 Å². The van der Waals surface area contributed by atoms with Crippen molar-refractivity contribution in [1.82, 2.24) is 59.8 Å². The standard InChI is InChI=1S/C24H26N6O2.C17H15ClN4O2.C6H11N3.S13/c1-7-18-15(11-30(5)28-18)8-20-23-16-10-21(31-6)17(22-12(2)29-32-13(22)3)9-19(16)27-24(23)26-14(4)25-20;1-7-14(8(2)24-22-7)11-5-12-10(6-13(11)23-4)15-16(18)19-9(3)20-17(15)21-12;1-3-6-5(7)4-9(2)8-6;1-3-5-7-9-11-13-12-10-8-6-4-2/h9-11H,7-8H2,1-6H3,(H,25,26,27);5-6H,1-4H3,(H,19,20,21);4H,3,7H2,1-2H3;. The molecule has 0 fully saturated rings. The van der Waals surface area contributed by atoms with Gasteiger partial charge < -0.3 is 34.2 Å². The number of hydrogen-bond acceptors (Lipinski definition) is 15. The molecule has 17 nitrogen and oxygen atoms in total. The maximum absolute atomic E-state index is 6.33. The highest BCUT2D eigenvalue weighted by Crippen LogP contribution is 2.42. The number of fused-ring (bicyclic) bond motifs is 6. The first kappa shape index (κ1) is 61.2. The van der Waals surface area contributed by atoms with Gasteiger partial charge in [0.25, 0.3) is 0 Å². The summed E-state index contributed by atoms with van der Waals surface area (Å²) in [6.45, 7) is 15.5. The van der Waals surface area contributed by atoms with Gasteiger partial charge in [0.1, 0.15) is 51.1 Å². The predicted molar refractivity (Wildman–Crippen MR) is 348 cm³/mol. The molecule has 0 radical (unpaired) electrons. The third-order valence-electron chi connectivity index (χ3n) is 11.6. The molecule has 414 valence electrons. The molecule has 0 bridgehead atoms. The fourth-order valence-corrected chi connectivity index (χ4v) is 33.6. The molecular weight excluding hydrogens is 1260 g/mol. The van der Waals surface area contributed by atoms with Crippen molar-refractivity contribution < 1.29 is 18.5 Å². The first-order valence-electron chi connectivity index (χ1n) is 23.2. The van der Waals surface area contributed by atoms with E-state index in [-0.39, 0.29) is 0 Å². The Bertz CT molecular complexity index is 4310. The third kappa shape index (κ3) is 14.7. The van der Waals surface area contributed by atoms with Crippen molar-refractivity contribution >= 4 is 181 Å². The van der Waals surface area contributed by atoms with Crippen LogP contribution in [0.3, 0.4) is 0 Å². The summed E-state index contributed by atoms with van der Waals surface area (Å²) in [6.07, 6.45) is 6.38. The van der Waals surface area contributed by atoms with E-state index >= 15 is 0 Å². The molecule has 8 heterocycles. The van der Waals surface area contributed by atoms with Crippen LogP contribution in [-0.2, 0) is 153 Å². The number of methoxy groups -OCH3 is 2. The average Bonchev–Trinajstić information content (AvgIpc) is 4.28. The Morgan fingerprint density at radius 1 is 0.603 bits per heavy atom. The normalized spacial score (nSPS) is 10.7. The van der Waals surface area contributed by atoms with Crippen LogP contribution in [0.4, 0.5) is 5.69 Å². The minimum absolute atomic E-state index is 0.427. The lowest BCUT2D eigenvalue weighted by Crippen LogP contribution is -1.99. The number of benzene rings is 2. The van der Waals surface area contributed by atoms with Gasteiger partial charge >= 0.3 is 0 Å². The summed E-state index contributed by atoms with van der Waals surface area (Å²) in [6, 6.07) is 8.10. The van der Waals surface area contributed by atoms with Crippen LogP contribution in [-0.4, -0.2) is 74.0 Å². The Hall–Kier alpha value is -4.41. The lowest BCUT2D eigenvalue weighted by atomic mass is 9.99. The molecule has 10 rings (SSSR count). The van der Waals surface area contributed by atoms with Crippen LogP contribution in [0.1, 0.15) is 71.0 Å². The lowest BCUT2D eigenvalue weighted by molar-refractivity contribution is 0.393. The fraction of sp³-hybridized carbons (Fsp3) is 0.319. The number of nitrogens with one attached hydrogen (secondary N) is 2. The summed E-state index contributed by atoms with van der Waals surface area (Å²) in [7, 11) is 25.2. The topological polar surface area (TPSA) is 215 Å². The number of nitrogens with zero attached hydrogens (tertiary/aromatic N) is 10. The zero-order valence-corrected chi connectivity index (χ0v) is 55.3. The highest BCUT2D eigenvalue weighted by molar-refractivity contribution is 8.75. The van der Waals surface area contributed by atoms with Crippen molar-refractivity contribution in [3.63, 3.8) is 0 Å². The molecule has 0 aliphatic rings. The van der Waals surface area contributed by atoms with Gasteiger partial charge in [-0.15, -0.1) is 0 Å². The van der Waals surface area contributed by atoms with Gasteiger partial charge in [0, 0.05) is 191 Å².